The van der Waals surface area contributed by atoms with Crippen molar-refractivity contribution in [3.05, 3.63) is 59.4 Å². The number of nitrogens with zero attached hydrogens (tertiary/aromatic N) is 2. The molecule has 2 aliphatic rings. The third-order valence-corrected chi connectivity index (χ3v) is 5.26. The number of rotatable bonds is 4. The molecule has 0 atom stereocenters. The topological polar surface area (TPSA) is 83.6 Å². The predicted octanol–water partition coefficient (Wildman–Crippen LogP) is 2.79. The normalized spacial score (nSPS) is 16.5. The second kappa shape index (κ2) is 8.39. The molecule has 0 aliphatic carbocycles. The van der Waals surface area contributed by atoms with Crippen molar-refractivity contribution in [2.45, 2.75) is 25.9 Å². The van der Waals surface area contributed by atoms with E-state index in [9.17, 15) is 9.59 Å². The van der Waals surface area contributed by atoms with Gasteiger partial charge in [-0.25, -0.2) is 4.79 Å². The fourth-order valence-electron chi connectivity index (χ4n) is 3.54. The second-order valence-electron chi connectivity index (χ2n) is 7.24. The van der Waals surface area contributed by atoms with E-state index >= 15 is 0 Å². The summed E-state index contributed by atoms with van der Waals surface area (Å²) in [5.41, 5.74) is 3.26. The van der Waals surface area contributed by atoms with Crippen molar-refractivity contribution in [3.63, 3.8) is 0 Å². The van der Waals surface area contributed by atoms with Crippen molar-refractivity contribution < 1.29 is 14.3 Å². The first-order valence-electron chi connectivity index (χ1n) is 9.64. The SMILES string of the molecule is O=C(NCC1CCOCC1)c1ccc(NC(=O)N2Cc3cccnc3C2)cc1. The molecular weight excluding hydrogens is 356 g/mol. The zero-order valence-corrected chi connectivity index (χ0v) is 15.7. The van der Waals surface area contributed by atoms with Crippen molar-refractivity contribution in [2.24, 2.45) is 5.92 Å². The van der Waals surface area contributed by atoms with Crippen LogP contribution in [0.1, 0.15) is 34.5 Å². The maximum atomic E-state index is 12.5. The van der Waals surface area contributed by atoms with E-state index in [-0.39, 0.29) is 11.9 Å². The number of urea groups is 1. The Morgan fingerprint density at radius 3 is 2.64 bits per heavy atom. The highest BCUT2D eigenvalue weighted by molar-refractivity contribution is 5.95. The van der Waals surface area contributed by atoms with Gasteiger partial charge in [0, 0.05) is 43.8 Å². The van der Waals surface area contributed by atoms with E-state index in [1.54, 1.807) is 35.4 Å². The summed E-state index contributed by atoms with van der Waals surface area (Å²) in [7, 11) is 0. The molecule has 7 nitrogen and oxygen atoms in total. The first kappa shape index (κ1) is 18.4. The smallest absolute Gasteiger partial charge is 0.322 e. The van der Waals surface area contributed by atoms with Crippen LogP contribution in [0.4, 0.5) is 10.5 Å². The van der Waals surface area contributed by atoms with Crippen LogP contribution in [0.2, 0.25) is 0 Å². The average molecular weight is 380 g/mol. The van der Waals surface area contributed by atoms with E-state index in [4.69, 9.17) is 4.74 Å². The summed E-state index contributed by atoms with van der Waals surface area (Å²) in [5.74, 6) is 0.390. The number of carbonyl (C=O) groups is 2. The van der Waals surface area contributed by atoms with E-state index in [1.165, 1.54) is 0 Å². The Morgan fingerprint density at radius 1 is 1.11 bits per heavy atom. The maximum absolute atomic E-state index is 12.5. The first-order valence-corrected chi connectivity index (χ1v) is 9.64. The van der Waals surface area contributed by atoms with Gasteiger partial charge in [0.15, 0.2) is 0 Å². The number of aromatic nitrogens is 1. The summed E-state index contributed by atoms with van der Waals surface area (Å²) in [6.45, 7) is 3.28. The number of benzene rings is 1. The van der Waals surface area contributed by atoms with Gasteiger partial charge >= 0.3 is 6.03 Å². The molecule has 4 rings (SSSR count). The number of ether oxygens (including phenoxy) is 1. The van der Waals surface area contributed by atoms with Crippen molar-refractivity contribution in [3.8, 4) is 0 Å². The lowest BCUT2D eigenvalue weighted by molar-refractivity contribution is 0.0642. The summed E-state index contributed by atoms with van der Waals surface area (Å²) >= 11 is 0. The minimum Gasteiger partial charge on any atom is -0.381 e. The van der Waals surface area contributed by atoms with Gasteiger partial charge < -0.3 is 20.3 Å². The first-order chi connectivity index (χ1) is 13.7. The molecule has 1 saturated heterocycles. The van der Waals surface area contributed by atoms with E-state index in [0.29, 0.717) is 36.8 Å². The number of carbonyl (C=O) groups excluding carboxylic acids is 2. The number of hydrogen-bond donors (Lipinski definition) is 2. The molecule has 0 spiro atoms. The zero-order valence-electron chi connectivity index (χ0n) is 15.7. The number of amides is 3. The number of anilines is 1. The molecule has 7 heteroatoms. The molecule has 1 fully saturated rings. The third-order valence-electron chi connectivity index (χ3n) is 5.26. The summed E-state index contributed by atoms with van der Waals surface area (Å²) in [6, 6.07) is 10.7. The van der Waals surface area contributed by atoms with Crippen molar-refractivity contribution in [1.82, 2.24) is 15.2 Å². The van der Waals surface area contributed by atoms with Crippen molar-refractivity contribution in [2.75, 3.05) is 25.1 Å². The lowest BCUT2D eigenvalue weighted by atomic mass is 10.0. The van der Waals surface area contributed by atoms with Gasteiger partial charge in [0.05, 0.1) is 12.2 Å². The third kappa shape index (κ3) is 4.31. The fraction of sp³-hybridized carbons (Fsp3) is 0.381. The molecule has 1 aromatic heterocycles. The Hall–Kier alpha value is -2.93. The van der Waals surface area contributed by atoms with Crippen LogP contribution >= 0.6 is 0 Å². The molecule has 2 aromatic rings. The lowest BCUT2D eigenvalue weighted by Gasteiger charge is -2.22. The monoisotopic (exact) mass is 380 g/mol. The Kier molecular flexibility index (Phi) is 5.53. The van der Waals surface area contributed by atoms with Crippen LogP contribution < -0.4 is 10.6 Å². The largest absolute Gasteiger partial charge is 0.381 e. The van der Waals surface area contributed by atoms with Gasteiger partial charge in [0.2, 0.25) is 0 Å². The molecule has 3 heterocycles. The van der Waals surface area contributed by atoms with Gasteiger partial charge in [-0.15, -0.1) is 0 Å². The van der Waals surface area contributed by atoms with E-state index < -0.39 is 0 Å². The van der Waals surface area contributed by atoms with Crippen LogP contribution in [-0.4, -0.2) is 41.6 Å². The van der Waals surface area contributed by atoms with Crippen molar-refractivity contribution >= 4 is 17.6 Å². The van der Waals surface area contributed by atoms with E-state index in [0.717, 1.165) is 37.3 Å². The highest BCUT2D eigenvalue weighted by Crippen LogP contribution is 2.21. The molecule has 28 heavy (non-hydrogen) atoms. The lowest BCUT2D eigenvalue weighted by Crippen LogP contribution is -2.32. The van der Waals surface area contributed by atoms with Gasteiger partial charge in [-0.1, -0.05) is 6.07 Å². The Balaban J connectivity index is 1.28. The minimum atomic E-state index is -0.172. The summed E-state index contributed by atoms with van der Waals surface area (Å²) < 4.78 is 5.34. The standard InChI is InChI=1S/C21H24N4O3/c26-20(23-12-15-7-10-28-11-8-15)16-3-5-18(6-4-16)24-21(27)25-13-17-2-1-9-22-19(17)14-25/h1-6,9,15H,7-8,10-14H2,(H,23,26)(H,24,27). The predicted molar refractivity (Wildman–Crippen MR) is 105 cm³/mol. The van der Waals surface area contributed by atoms with E-state index in [1.807, 2.05) is 12.1 Å². The number of hydrogen-bond acceptors (Lipinski definition) is 4. The van der Waals surface area contributed by atoms with Crippen LogP contribution in [0.15, 0.2) is 42.6 Å². The summed E-state index contributed by atoms with van der Waals surface area (Å²) in [4.78, 5) is 30.8. The van der Waals surface area contributed by atoms with Crippen molar-refractivity contribution in [1.29, 1.82) is 0 Å². The number of fused-ring (bicyclic) bond motifs is 1. The molecule has 146 valence electrons. The van der Waals surface area contributed by atoms with Gasteiger partial charge in [0.25, 0.3) is 5.91 Å². The summed E-state index contributed by atoms with van der Waals surface area (Å²) in [6.07, 6.45) is 3.72. The highest BCUT2D eigenvalue weighted by atomic mass is 16.5. The van der Waals surface area contributed by atoms with Gasteiger partial charge in [-0.05, 0) is 54.7 Å². The highest BCUT2D eigenvalue weighted by Gasteiger charge is 2.24. The van der Waals surface area contributed by atoms with Gasteiger partial charge in [-0.2, -0.15) is 0 Å². The maximum Gasteiger partial charge on any atom is 0.322 e. The van der Waals surface area contributed by atoms with Crippen LogP contribution in [0.25, 0.3) is 0 Å². The molecule has 3 amide bonds. The number of nitrogens with one attached hydrogen (secondary N) is 2. The van der Waals surface area contributed by atoms with Gasteiger partial charge in [-0.3, -0.25) is 9.78 Å². The van der Waals surface area contributed by atoms with Crippen LogP contribution in [0, 0.1) is 5.92 Å². The fourth-order valence-corrected chi connectivity index (χ4v) is 3.54. The molecular formula is C21H24N4O3. The minimum absolute atomic E-state index is 0.0922. The molecule has 1 aromatic carbocycles. The summed E-state index contributed by atoms with van der Waals surface area (Å²) in [5, 5.41) is 5.87. The Morgan fingerprint density at radius 2 is 1.89 bits per heavy atom. The van der Waals surface area contributed by atoms with Crippen LogP contribution in [0.5, 0.6) is 0 Å². The Labute approximate surface area is 164 Å². The molecule has 2 N–H and O–H groups in total. The second-order valence-corrected chi connectivity index (χ2v) is 7.24. The molecule has 0 radical (unpaired) electrons. The van der Waals surface area contributed by atoms with Gasteiger partial charge in [0.1, 0.15) is 0 Å². The van der Waals surface area contributed by atoms with Crippen LogP contribution in [0.3, 0.4) is 0 Å². The molecule has 0 unspecified atom stereocenters. The number of pyridine rings is 1. The zero-order chi connectivity index (χ0) is 19.3. The average Bonchev–Trinajstić information content (AvgIpc) is 3.18. The Bertz CT molecular complexity index is 822. The van der Waals surface area contributed by atoms with E-state index in [2.05, 4.69) is 15.6 Å². The molecule has 0 saturated carbocycles. The quantitative estimate of drug-likeness (QED) is 0.854. The molecule has 2 aliphatic heterocycles. The van der Waals surface area contributed by atoms with Crippen LogP contribution in [-0.2, 0) is 17.8 Å². The molecule has 0 bridgehead atoms.